The van der Waals surface area contributed by atoms with Crippen molar-refractivity contribution in [1.29, 1.82) is 0 Å². The summed E-state index contributed by atoms with van der Waals surface area (Å²) in [5.41, 5.74) is 1.19. The minimum absolute atomic E-state index is 0.0517. The third-order valence-electron chi connectivity index (χ3n) is 4.66. The minimum Gasteiger partial charge on any atom is -0.490 e. The zero-order valence-electron chi connectivity index (χ0n) is 15.5. The van der Waals surface area contributed by atoms with Crippen molar-refractivity contribution in [3.63, 3.8) is 0 Å². The van der Waals surface area contributed by atoms with Crippen LogP contribution in [0.3, 0.4) is 0 Å². The lowest BCUT2D eigenvalue weighted by Gasteiger charge is -2.28. The molecule has 0 bridgehead atoms. The molecule has 7 nitrogen and oxygen atoms in total. The molecule has 1 heterocycles. The number of carbonyl (C=O) groups is 2. The van der Waals surface area contributed by atoms with Crippen LogP contribution in [0.4, 0.5) is 5.69 Å². The molecule has 3 aromatic rings. The number of hydrogen-bond donors (Lipinski definition) is 2. The topological polar surface area (TPSA) is 96.3 Å². The van der Waals surface area contributed by atoms with Gasteiger partial charge in [-0.15, -0.1) is 0 Å². The lowest BCUT2D eigenvalue weighted by Crippen LogP contribution is -2.40. The number of rotatable bonds is 7. The second kappa shape index (κ2) is 7.90. The predicted molar refractivity (Wildman–Crippen MR) is 107 cm³/mol. The van der Waals surface area contributed by atoms with E-state index in [2.05, 4.69) is 0 Å². The van der Waals surface area contributed by atoms with Crippen molar-refractivity contribution in [1.82, 2.24) is 0 Å². The summed E-state index contributed by atoms with van der Waals surface area (Å²) in [6, 6.07) is 15.2. The number of para-hydroxylation sites is 1. The number of aliphatic hydroxyl groups excluding tert-OH is 2. The maximum absolute atomic E-state index is 13.2. The standard InChI is InChI=1S/C22H19NO6/c24-10-12-28-17-8-6-15-19-16(7-9-18(20(17)19)29-13-11-25)22(27)23(21(15)26)14-4-2-1-3-5-14/h1-9,24-25H,10-13H2. The largest absolute Gasteiger partial charge is 0.490 e. The molecule has 0 radical (unpaired) electrons. The predicted octanol–water partition coefficient (Wildman–Crippen LogP) is 2.38. The Kier molecular flexibility index (Phi) is 5.16. The average molecular weight is 393 g/mol. The second-order valence-electron chi connectivity index (χ2n) is 6.40. The zero-order valence-corrected chi connectivity index (χ0v) is 15.5. The molecule has 4 rings (SSSR count). The lowest BCUT2D eigenvalue weighted by molar-refractivity contribution is 0.0893. The summed E-state index contributed by atoms with van der Waals surface area (Å²) in [6.07, 6.45) is 0. The van der Waals surface area contributed by atoms with Crippen LogP contribution in [0.25, 0.3) is 10.8 Å². The van der Waals surface area contributed by atoms with E-state index in [4.69, 9.17) is 19.7 Å². The van der Waals surface area contributed by atoms with Crippen LogP contribution in [0.1, 0.15) is 20.7 Å². The van der Waals surface area contributed by atoms with Gasteiger partial charge in [0.05, 0.1) is 24.3 Å². The molecule has 29 heavy (non-hydrogen) atoms. The van der Waals surface area contributed by atoms with Gasteiger partial charge in [0.2, 0.25) is 0 Å². The molecule has 148 valence electrons. The van der Waals surface area contributed by atoms with Crippen LogP contribution in [0.5, 0.6) is 11.5 Å². The van der Waals surface area contributed by atoms with Gasteiger partial charge >= 0.3 is 0 Å². The molecular weight excluding hydrogens is 374 g/mol. The fourth-order valence-corrected chi connectivity index (χ4v) is 3.49. The van der Waals surface area contributed by atoms with Gasteiger partial charge < -0.3 is 19.7 Å². The monoisotopic (exact) mass is 393 g/mol. The third-order valence-corrected chi connectivity index (χ3v) is 4.66. The molecule has 0 atom stereocenters. The van der Waals surface area contributed by atoms with Crippen LogP contribution in [0, 0.1) is 0 Å². The van der Waals surface area contributed by atoms with E-state index < -0.39 is 11.8 Å². The molecule has 0 spiro atoms. The quantitative estimate of drug-likeness (QED) is 0.599. The lowest BCUT2D eigenvalue weighted by atomic mass is 9.92. The van der Waals surface area contributed by atoms with Crippen LogP contribution in [0.15, 0.2) is 54.6 Å². The average Bonchev–Trinajstić information content (AvgIpc) is 2.75. The highest BCUT2D eigenvalue weighted by Gasteiger charge is 2.35. The van der Waals surface area contributed by atoms with Crippen molar-refractivity contribution >= 4 is 28.3 Å². The fourth-order valence-electron chi connectivity index (χ4n) is 3.49. The molecule has 1 aliphatic heterocycles. The molecule has 0 unspecified atom stereocenters. The molecule has 2 amide bonds. The molecule has 0 saturated carbocycles. The van der Waals surface area contributed by atoms with Gasteiger partial charge in [-0.05, 0) is 36.4 Å². The summed E-state index contributed by atoms with van der Waals surface area (Å²) in [5, 5.41) is 19.1. The van der Waals surface area contributed by atoms with Crippen LogP contribution < -0.4 is 14.4 Å². The van der Waals surface area contributed by atoms with E-state index in [1.54, 1.807) is 48.5 Å². The summed E-state index contributed by atoms with van der Waals surface area (Å²) < 4.78 is 11.2. The number of hydrogen-bond acceptors (Lipinski definition) is 6. The number of aliphatic hydroxyl groups is 2. The first-order chi connectivity index (χ1) is 14.2. The van der Waals surface area contributed by atoms with E-state index in [1.807, 2.05) is 6.07 Å². The zero-order chi connectivity index (χ0) is 20.4. The summed E-state index contributed by atoms with van der Waals surface area (Å²) >= 11 is 0. The minimum atomic E-state index is -0.438. The maximum atomic E-state index is 13.2. The van der Waals surface area contributed by atoms with Crippen molar-refractivity contribution in [3.05, 3.63) is 65.7 Å². The number of benzene rings is 3. The fraction of sp³-hybridized carbons (Fsp3) is 0.182. The van der Waals surface area contributed by atoms with Gasteiger partial charge in [-0.2, -0.15) is 0 Å². The third kappa shape index (κ3) is 3.20. The van der Waals surface area contributed by atoms with Crippen molar-refractivity contribution in [3.8, 4) is 11.5 Å². The van der Waals surface area contributed by atoms with Gasteiger partial charge in [-0.1, -0.05) is 18.2 Å². The molecular formula is C22H19NO6. The highest BCUT2D eigenvalue weighted by molar-refractivity contribution is 6.36. The summed E-state index contributed by atoms with van der Waals surface area (Å²) in [5.74, 6) is -0.0962. The molecule has 1 aliphatic rings. The number of ether oxygens (including phenoxy) is 2. The maximum Gasteiger partial charge on any atom is 0.265 e. The molecule has 2 N–H and O–H groups in total. The second-order valence-corrected chi connectivity index (χ2v) is 6.40. The highest BCUT2D eigenvalue weighted by atomic mass is 16.5. The van der Waals surface area contributed by atoms with Crippen LogP contribution >= 0.6 is 0 Å². The van der Waals surface area contributed by atoms with Gasteiger partial charge in [0, 0.05) is 16.5 Å². The Hall–Kier alpha value is -3.42. The van der Waals surface area contributed by atoms with Crippen molar-refractivity contribution in [2.24, 2.45) is 0 Å². The number of nitrogens with zero attached hydrogens (tertiary/aromatic N) is 1. The van der Waals surface area contributed by atoms with Crippen LogP contribution in [-0.4, -0.2) is 48.5 Å². The van der Waals surface area contributed by atoms with E-state index in [1.165, 1.54) is 0 Å². The van der Waals surface area contributed by atoms with Crippen molar-refractivity contribution in [2.75, 3.05) is 31.3 Å². The number of anilines is 1. The van der Waals surface area contributed by atoms with Crippen molar-refractivity contribution < 1.29 is 29.3 Å². The Morgan fingerprint density at radius 2 is 1.21 bits per heavy atom. The smallest absolute Gasteiger partial charge is 0.265 e. The Labute approximate surface area is 166 Å². The molecule has 0 aromatic heterocycles. The van der Waals surface area contributed by atoms with Crippen LogP contribution in [-0.2, 0) is 0 Å². The molecule has 0 fully saturated rings. The van der Waals surface area contributed by atoms with Gasteiger partial charge in [0.25, 0.3) is 11.8 Å². The first kappa shape index (κ1) is 18.9. The summed E-state index contributed by atoms with van der Waals surface area (Å²) in [7, 11) is 0. The van der Waals surface area contributed by atoms with Gasteiger partial charge in [-0.3, -0.25) is 9.59 Å². The van der Waals surface area contributed by atoms with Gasteiger partial charge in [-0.25, -0.2) is 4.90 Å². The van der Waals surface area contributed by atoms with Gasteiger partial charge in [0.1, 0.15) is 24.7 Å². The first-order valence-corrected chi connectivity index (χ1v) is 9.18. The first-order valence-electron chi connectivity index (χ1n) is 9.18. The Balaban J connectivity index is 1.93. The SMILES string of the molecule is O=C1c2ccc(OCCO)c3c(OCCO)ccc(c23)C(=O)N1c1ccccc1. The van der Waals surface area contributed by atoms with Crippen molar-refractivity contribution in [2.45, 2.75) is 0 Å². The van der Waals surface area contributed by atoms with Crippen LogP contribution in [0.2, 0.25) is 0 Å². The van der Waals surface area contributed by atoms with E-state index in [9.17, 15) is 9.59 Å². The number of carbonyl (C=O) groups excluding carboxylic acids is 2. The molecule has 0 aliphatic carbocycles. The van der Waals surface area contributed by atoms with E-state index in [0.29, 0.717) is 39.1 Å². The molecule has 3 aromatic carbocycles. The molecule has 0 saturated heterocycles. The van der Waals surface area contributed by atoms with E-state index in [0.717, 1.165) is 4.90 Å². The normalized spacial score (nSPS) is 13.1. The highest BCUT2D eigenvalue weighted by Crippen LogP contribution is 2.42. The summed E-state index contributed by atoms with van der Waals surface area (Å²) in [6.45, 7) is -0.267. The van der Waals surface area contributed by atoms with E-state index >= 15 is 0 Å². The Morgan fingerprint density at radius 3 is 1.69 bits per heavy atom. The molecule has 7 heteroatoms. The number of imide groups is 1. The van der Waals surface area contributed by atoms with E-state index in [-0.39, 0.29) is 26.4 Å². The Bertz CT molecular complexity index is 1020. The number of amides is 2. The van der Waals surface area contributed by atoms with Gasteiger partial charge in [0.15, 0.2) is 0 Å². The Morgan fingerprint density at radius 1 is 0.690 bits per heavy atom. The summed E-state index contributed by atoms with van der Waals surface area (Å²) in [4.78, 5) is 27.6.